The molecule has 1 atom stereocenters. The Morgan fingerprint density at radius 1 is 1.40 bits per heavy atom. The van der Waals surface area contributed by atoms with E-state index in [0.717, 1.165) is 29.7 Å². The Morgan fingerprint density at radius 2 is 2.07 bits per heavy atom. The maximum absolute atomic E-state index is 9.43. The van der Waals surface area contributed by atoms with Gasteiger partial charge in [0, 0.05) is 4.90 Å². The van der Waals surface area contributed by atoms with Gasteiger partial charge in [-0.25, -0.2) is 0 Å². The number of nitrogens with two attached hydrogens (primary N) is 1. The Labute approximate surface area is 96.9 Å². The smallest absolute Gasteiger partial charge is 0.0654 e. The van der Waals surface area contributed by atoms with Crippen LogP contribution in [-0.2, 0) is 5.54 Å². The highest BCUT2D eigenvalue weighted by Crippen LogP contribution is 2.28. The molecule has 3 N–H and O–H groups in total. The molecule has 1 aromatic carbocycles. The third-order valence-corrected chi connectivity index (χ3v) is 3.09. The summed E-state index contributed by atoms with van der Waals surface area (Å²) in [5.74, 6) is 0. The molecular weight excluding hydrogens is 206 g/mol. The Kier molecular flexibility index (Phi) is 4.64. The first-order chi connectivity index (χ1) is 7.14. The summed E-state index contributed by atoms with van der Waals surface area (Å²) in [4.78, 5) is 0.852. The number of unbranched alkanes of at least 4 members (excludes halogenated alkanes) is 1. The van der Waals surface area contributed by atoms with Crippen LogP contribution in [0.1, 0.15) is 31.7 Å². The number of rotatable bonds is 5. The first-order valence-corrected chi connectivity index (χ1v) is 5.77. The minimum atomic E-state index is -0.644. The van der Waals surface area contributed by atoms with E-state index in [1.165, 1.54) is 0 Å². The van der Waals surface area contributed by atoms with E-state index < -0.39 is 5.54 Å². The SMILES string of the molecule is CCCCC(N)(CO)c1ccccc1S. The molecule has 84 valence electrons. The van der Waals surface area contributed by atoms with E-state index in [9.17, 15) is 5.11 Å². The maximum Gasteiger partial charge on any atom is 0.0654 e. The Balaban J connectivity index is 2.95. The van der Waals surface area contributed by atoms with Crippen LogP contribution in [0.2, 0.25) is 0 Å². The highest BCUT2D eigenvalue weighted by molar-refractivity contribution is 7.80. The molecule has 1 rings (SSSR count). The quantitative estimate of drug-likeness (QED) is 0.673. The van der Waals surface area contributed by atoms with Gasteiger partial charge in [-0.2, -0.15) is 0 Å². The molecular formula is C12H19NOS. The summed E-state index contributed by atoms with van der Waals surface area (Å²) < 4.78 is 0. The molecule has 0 aliphatic carbocycles. The normalized spacial score (nSPS) is 14.9. The van der Waals surface area contributed by atoms with Gasteiger partial charge in [0.25, 0.3) is 0 Å². The van der Waals surface area contributed by atoms with Crippen LogP contribution in [0.25, 0.3) is 0 Å². The summed E-state index contributed by atoms with van der Waals surface area (Å²) in [6, 6.07) is 7.69. The van der Waals surface area contributed by atoms with E-state index in [4.69, 9.17) is 5.73 Å². The third kappa shape index (κ3) is 2.97. The highest BCUT2D eigenvalue weighted by atomic mass is 32.1. The lowest BCUT2D eigenvalue weighted by Gasteiger charge is -2.29. The van der Waals surface area contributed by atoms with Gasteiger partial charge in [-0.15, -0.1) is 12.6 Å². The summed E-state index contributed by atoms with van der Waals surface area (Å²) in [6.07, 6.45) is 2.88. The fourth-order valence-electron chi connectivity index (χ4n) is 1.69. The lowest BCUT2D eigenvalue weighted by molar-refractivity contribution is 0.183. The van der Waals surface area contributed by atoms with E-state index in [1.807, 2.05) is 24.3 Å². The highest BCUT2D eigenvalue weighted by Gasteiger charge is 2.27. The number of hydrogen-bond acceptors (Lipinski definition) is 3. The predicted octanol–water partition coefficient (Wildman–Crippen LogP) is 2.31. The van der Waals surface area contributed by atoms with Crippen molar-refractivity contribution in [2.45, 2.75) is 36.6 Å². The Morgan fingerprint density at radius 3 is 2.60 bits per heavy atom. The van der Waals surface area contributed by atoms with Crippen molar-refractivity contribution < 1.29 is 5.11 Å². The number of hydrogen-bond donors (Lipinski definition) is 3. The molecule has 0 saturated heterocycles. The molecule has 0 fully saturated rings. The van der Waals surface area contributed by atoms with Gasteiger partial charge in [-0.3, -0.25) is 0 Å². The molecule has 0 aromatic heterocycles. The van der Waals surface area contributed by atoms with Gasteiger partial charge in [0.15, 0.2) is 0 Å². The van der Waals surface area contributed by atoms with Crippen LogP contribution in [0, 0.1) is 0 Å². The first-order valence-electron chi connectivity index (χ1n) is 5.32. The van der Waals surface area contributed by atoms with Gasteiger partial charge in [0.1, 0.15) is 0 Å². The van der Waals surface area contributed by atoms with Crippen LogP contribution in [-0.4, -0.2) is 11.7 Å². The fraction of sp³-hybridized carbons (Fsp3) is 0.500. The maximum atomic E-state index is 9.43. The van der Waals surface area contributed by atoms with Crippen LogP contribution < -0.4 is 5.73 Å². The van der Waals surface area contributed by atoms with Gasteiger partial charge in [0.2, 0.25) is 0 Å². The van der Waals surface area contributed by atoms with Crippen LogP contribution in [0.4, 0.5) is 0 Å². The van der Waals surface area contributed by atoms with E-state index in [0.29, 0.717) is 0 Å². The molecule has 0 aliphatic heterocycles. The summed E-state index contributed by atoms with van der Waals surface area (Å²) in [7, 11) is 0. The van der Waals surface area contributed by atoms with Crippen LogP contribution in [0.3, 0.4) is 0 Å². The number of benzene rings is 1. The monoisotopic (exact) mass is 225 g/mol. The van der Waals surface area contributed by atoms with E-state index >= 15 is 0 Å². The molecule has 0 saturated carbocycles. The molecule has 0 aliphatic rings. The van der Waals surface area contributed by atoms with Gasteiger partial charge >= 0.3 is 0 Å². The van der Waals surface area contributed by atoms with Crippen LogP contribution >= 0.6 is 12.6 Å². The Hall–Kier alpha value is -0.510. The van der Waals surface area contributed by atoms with E-state index in [-0.39, 0.29) is 6.61 Å². The molecule has 0 radical (unpaired) electrons. The second-order valence-corrected chi connectivity index (χ2v) is 4.42. The Bertz CT molecular complexity index is 316. The molecule has 3 heteroatoms. The first kappa shape index (κ1) is 12.6. The van der Waals surface area contributed by atoms with Crippen molar-refractivity contribution in [3.8, 4) is 0 Å². The van der Waals surface area contributed by atoms with Crippen molar-refractivity contribution in [2.75, 3.05) is 6.61 Å². The van der Waals surface area contributed by atoms with Crippen LogP contribution in [0.15, 0.2) is 29.2 Å². The minimum absolute atomic E-state index is 0.0371. The molecule has 0 spiro atoms. The van der Waals surface area contributed by atoms with Gasteiger partial charge < -0.3 is 10.8 Å². The van der Waals surface area contributed by atoms with E-state index in [2.05, 4.69) is 19.6 Å². The third-order valence-electron chi connectivity index (χ3n) is 2.70. The van der Waals surface area contributed by atoms with Gasteiger partial charge in [-0.1, -0.05) is 38.0 Å². The molecule has 15 heavy (non-hydrogen) atoms. The summed E-state index contributed by atoms with van der Waals surface area (Å²) in [5.41, 5.74) is 6.50. The zero-order valence-electron chi connectivity index (χ0n) is 9.11. The topological polar surface area (TPSA) is 46.2 Å². The van der Waals surface area contributed by atoms with Crippen molar-refractivity contribution in [2.24, 2.45) is 5.73 Å². The zero-order chi connectivity index (χ0) is 11.3. The average Bonchev–Trinajstić information content (AvgIpc) is 2.26. The van der Waals surface area contributed by atoms with Crippen molar-refractivity contribution in [3.05, 3.63) is 29.8 Å². The van der Waals surface area contributed by atoms with Crippen molar-refractivity contribution in [3.63, 3.8) is 0 Å². The fourth-order valence-corrected chi connectivity index (χ4v) is 2.07. The lowest BCUT2D eigenvalue weighted by Crippen LogP contribution is -2.40. The number of aliphatic hydroxyl groups is 1. The number of thiol groups is 1. The second kappa shape index (κ2) is 5.54. The molecule has 0 heterocycles. The predicted molar refractivity (Wildman–Crippen MR) is 66.2 cm³/mol. The minimum Gasteiger partial charge on any atom is -0.394 e. The summed E-state index contributed by atoms with van der Waals surface area (Å²) in [5, 5.41) is 9.43. The van der Waals surface area contributed by atoms with Crippen molar-refractivity contribution in [1.29, 1.82) is 0 Å². The largest absolute Gasteiger partial charge is 0.394 e. The van der Waals surface area contributed by atoms with Crippen molar-refractivity contribution >= 4 is 12.6 Å². The number of aliphatic hydroxyl groups excluding tert-OH is 1. The van der Waals surface area contributed by atoms with Gasteiger partial charge in [0.05, 0.1) is 12.1 Å². The zero-order valence-corrected chi connectivity index (χ0v) is 10.0. The average molecular weight is 225 g/mol. The molecule has 1 aromatic rings. The second-order valence-electron chi connectivity index (χ2n) is 3.93. The van der Waals surface area contributed by atoms with E-state index in [1.54, 1.807) is 0 Å². The summed E-state index contributed by atoms with van der Waals surface area (Å²) in [6.45, 7) is 2.08. The molecule has 2 nitrogen and oxygen atoms in total. The molecule has 0 bridgehead atoms. The molecule has 0 amide bonds. The van der Waals surface area contributed by atoms with Crippen molar-refractivity contribution in [1.82, 2.24) is 0 Å². The van der Waals surface area contributed by atoms with Gasteiger partial charge in [-0.05, 0) is 18.1 Å². The standard InChI is InChI=1S/C12H19NOS/c1-2-3-8-12(13,9-14)10-6-4-5-7-11(10)15/h4-7,14-15H,2-3,8-9,13H2,1H3. The van der Waals surface area contributed by atoms with Crippen LogP contribution in [0.5, 0.6) is 0 Å². The summed E-state index contributed by atoms with van der Waals surface area (Å²) >= 11 is 4.38. The lowest BCUT2D eigenvalue weighted by atomic mass is 9.87. The molecule has 1 unspecified atom stereocenters.